The molecule has 1 fully saturated rings. The highest BCUT2D eigenvalue weighted by molar-refractivity contribution is 5.97. The molecule has 174 valence electrons. The molecule has 1 saturated heterocycles. The van der Waals surface area contributed by atoms with Crippen molar-refractivity contribution in [3.05, 3.63) is 58.9 Å². The number of aliphatic imine (C=N–C) groups is 1. The van der Waals surface area contributed by atoms with Gasteiger partial charge in [-0.1, -0.05) is 0 Å². The van der Waals surface area contributed by atoms with Crippen LogP contribution >= 0.6 is 0 Å². The van der Waals surface area contributed by atoms with E-state index in [0.29, 0.717) is 31.0 Å². The van der Waals surface area contributed by atoms with Gasteiger partial charge in [0.05, 0.1) is 43.3 Å². The zero-order valence-corrected chi connectivity index (χ0v) is 18.6. The number of benzene rings is 1. The molecule has 3 aromatic rings. The van der Waals surface area contributed by atoms with E-state index in [2.05, 4.69) is 9.98 Å². The number of aryl methyl sites for hydroxylation is 1. The van der Waals surface area contributed by atoms with Crippen molar-refractivity contribution in [3.63, 3.8) is 0 Å². The third-order valence-electron chi connectivity index (χ3n) is 5.69. The number of imidazole rings is 1. The molecule has 1 aromatic carbocycles. The predicted molar refractivity (Wildman–Crippen MR) is 119 cm³/mol. The summed E-state index contributed by atoms with van der Waals surface area (Å²) in [5.41, 5.74) is 7.90. The first-order valence-electron chi connectivity index (χ1n) is 10.5. The van der Waals surface area contributed by atoms with Crippen molar-refractivity contribution < 1.29 is 23.0 Å². The first-order valence-corrected chi connectivity index (χ1v) is 10.5. The molecule has 2 N–H and O–H groups in total. The van der Waals surface area contributed by atoms with Gasteiger partial charge in [-0.05, 0) is 36.8 Å². The maximum Gasteiger partial charge on any atom is 0.409 e. The number of amides is 1. The molecular weight excluding hydrogens is 432 g/mol. The monoisotopic (exact) mass is 457 g/mol. The smallest absolute Gasteiger partial charge is 0.409 e. The summed E-state index contributed by atoms with van der Waals surface area (Å²) in [7, 11) is 2.77. The zero-order valence-electron chi connectivity index (χ0n) is 18.6. The van der Waals surface area contributed by atoms with Crippen LogP contribution in [0.4, 0.5) is 13.6 Å². The third kappa shape index (κ3) is 4.38. The molecule has 4 rings (SSSR count). The number of fused-ring (bicyclic) bond motifs is 1. The Labute approximate surface area is 189 Å². The summed E-state index contributed by atoms with van der Waals surface area (Å²) in [5, 5.41) is 0. The number of hydrogen-bond acceptors (Lipinski definition) is 5. The van der Waals surface area contributed by atoms with Crippen LogP contribution in [0.15, 0.2) is 35.5 Å². The Bertz CT molecular complexity index is 1220. The van der Waals surface area contributed by atoms with Crippen molar-refractivity contribution in [2.24, 2.45) is 10.7 Å². The number of carbonyl (C=O) groups excluding carboxylic acids is 1. The number of nitrogens with two attached hydrogens (primary N) is 1. The van der Waals surface area contributed by atoms with E-state index in [1.807, 2.05) is 25.3 Å². The lowest BCUT2D eigenvalue weighted by Crippen LogP contribution is -2.46. The minimum absolute atomic E-state index is 0.0312. The molecule has 0 unspecified atom stereocenters. The summed E-state index contributed by atoms with van der Waals surface area (Å²) in [5.74, 6) is -1.55. The van der Waals surface area contributed by atoms with Crippen LogP contribution in [0.1, 0.15) is 16.8 Å². The largest absolute Gasteiger partial charge is 0.453 e. The standard InChI is InChI=1S/C23H25F2N5O3/c1-13-4-5-30-18(11-15-12-29(6-7-33-15)23(31)32-3)21(28-19(30)8-13)20-16(24)9-14(10-17(20)25)22(26)27-2/h4-5,8-10,15H,6-7,11-12H2,1-3H3,(H2,26,27)/t15-/m0/s1. The first kappa shape index (κ1) is 22.7. The fraction of sp³-hybridized carbons (Fsp3) is 0.348. The number of aromatic nitrogens is 2. The van der Waals surface area contributed by atoms with Gasteiger partial charge < -0.3 is 24.5 Å². The highest BCUT2D eigenvalue weighted by atomic mass is 19.1. The van der Waals surface area contributed by atoms with Crippen molar-refractivity contribution in [2.75, 3.05) is 33.9 Å². The average molecular weight is 457 g/mol. The quantitative estimate of drug-likeness (QED) is 0.480. The maximum absolute atomic E-state index is 15.2. The average Bonchev–Trinajstić information content (AvgIpc) is 3.14. The number of amidine groups is 1. The summed E-state index contributed by atoms with van der Waals surface area (Å²) < 4.78 is 42.8. The van der Waals surface area contributed by atoms with Crippen molar-refractivity contribution in [1.82, 2.24) is 14.3 Å². The van der Waals surface area contributed by atoms with Crippen LogP contribution in [-0.4, -0.2) is 66.2 Å². The molecule has 3 heterocycles. The Morgan fingerprint density at radius 3 is 2.73 bits per heavy atom. The van der Waals surface area contributed by atoms with Crippen LogP contribution in [0, 0.1) is 18.6 Å². The fourth-order valence-corrected chi connectivity index (χ4v) is 4.02. The summed E-state index contributed by atoms with van der Waals surface area (Å²) in [6, 6.07) is 6.02. The fourth-order valence-electron chi connectivity index (χ4n) is 4.02. The minimum atomic E-state index is -0.793. The van der Waals surface area contributed by atoms with Crippen molar-refractivity contribution >= 4 is 17.6 Å². The number of methoxy groups -OCH3 is 1. The summed E-state index contributed by atoms with van der Waals surface area (Å²) in [4.78, 5) is 21.9. The number of morpholine rings is 1. The van der Waals surface area contributed by atoms with Gasteiger partial charge in [0.1, 0.15) is 23.1 Å². The lowest BCUT2D eigenvalue weighted by atomic mass is 10.0. The molecule has 33 heavy (non-hydrogen) atoms. The first-order chi connectivity index (χ1) is 15.8. The Hall–Kier alpha value is -3.53. The molecule has 10 heteroatoms. The normalized spacial score (nSPS) is 16.9. The Balaban J connectivity index is 1.80. The number of ether oxygens (including phenoxy) is 2. The summed E-state index contributed by atoms with van der Waals surface area (Å²) in [6.07, 6.45) is 1.25. The second-order valence-electron chi connectivity index (χ2n) is 7.88. The second-order valence-corrected chi connectivity index (χ2v) is 7.88. The van der Waals surface area contributed by atoms with E-state index in [4.69, 9.17) is 15.2 Å². The van der Waals surface area contributed by atoms with Crippen molar-refractivity contribution in [2.45, 2.75) is 19.4 Å². The predicted octanol–water partition coefficient (Wildman–Crippen LogP) is 2.93. The SMILES string of the molecule is CN=C(N)c1cc(F)c(-c2nc3cc(C)ccn3c2C[C@H]2CN(C(=O)OC)CCO2)c(F)c1. The highest BCUT2D eigenvalue weighted by Gasteiger charge is 2.29. The number of rotatable bonds is 4. The Morgan fingerprint density at radius 2 is 2.06 bits per heavy atom. The molecule has 1 aliphatic rings. The van der Waals surface area contributed by atoms with Gasteiger partial charge in [-0.2, -0.15) is 0 Å². The topological polar surface area (TPSA) is 94.5 Å². The van der Waals surface area contributed by atoms with Crippen LogP contribution in [-0.2, 0) is 15.9 Å². The van der Waals surface area contributed by atoms with Gasteiger partial charge in [0.25, 0.3) is 0 Å². The number of pyridine rings is 1. The van der Waals surface area contributed by atoms with E-state index >= 15 is 8.78 Å². The van der Waals surface area contributed by atoms with E-state index in [9.17, 15) is 4.79 Å². The molecule has 8 nitrogen and oxygen atoms in total. The van der Waals surface area contributed by atoms with Crippen LogP contribution in [0.5, 0.6) is 0 Å². The molecule has 0 aliphatic carbocycles. The molecule has 0 saturated carbocycles. The van der Waals surface area contributed by atoms with E-state index < -0.39 is 23.8 Å². The van der Waals surface area contributed by atoms with Crippen LogP contribution in [0.2, 0.25) is 0 Å². The van der Waals surface area contributed by atoms with Crippen LogP contribution in [0.25, 0.3) is 16.9 Å². The van der Waals surface area contributed by atoms with E-state index in [1.54, 1.807) is 9.30 Å². The highest BCUT2D eigenvalue weighted by Crippen LogP contribution is 2.32. The van der Waals surface area contributed by atoms with Crippen LogP contribution in [0.3, 0.4) is 0 Å². The Morgan fingerprint density at radius 1 is 1.33 bits per heavy atom. The van der Waals surface area contributed by atoms with Gasteiger partial charge >= 0.3 is 6.09 Å². The van der Waals surface area contributed by atoms with Gasteiger partial charge in [-0.15, -0.1) is 0 Å². The molecule has 2 aromatic heterocycles. The molecule has 1 aliphatic heterocycles. The van der Waals surface area contributed by atoms with Gasteiger partial charge in [-0.25, -0.2) is 18.6 Å². The summed E-state index contributed by atoms with van der Waals surface area (Å²) >= 11 is 0. The van der Waals surface area contributed by atoms with Crippen LogP contribution < -0.4 is 5.73 Å². The molecule has 1 amide bonds. The molecule has 0 spiro atoms. The zero-order chi connectivity index (χ0) is 23.7. The van der Waals surface area contributed by atoms with Crippen molar-refractivity contribution in [1.29, 1.82) is 0 Å². The third-order valence-corrected chi connectivity index (χ3v) is 5.69. The van der Waals surface area contributed by atoms with Gasteiger partial charge in [0, 0.05) is 31.8 Å². The molecule has 0 bridgehead atoms. The Kier molecular flexibility index (Phi) is 6.28. The minimum Gasteiger partial charge on any atom is -0.453 e. The maximum atomic E-state index is 15.2. The molecular formula is C23H25F2N5O3. The summed E-state index contributed by atoms with van der Waals surface area (Å²) in [6.45, 7) is 2.94. The molecule has 0 radical (unpaired) electrons. The number of hydrogen-bond donors (Lipinski definition) is 1. The van der Waals surface area contributed by atoms with Gasteiger partial charge in [-0.3, -0.25) is 4.99 Å². The van der Waals surface area contributed by atoms with Gasteiger partial charge in [0.15, 0.2) is 0 Å². The van der Waals surface area contributed by atoms with E-state index in [-0.39, 0.29) is 29.1 Å². The molecule has 1 atom stereocenters. The number of halogens is 2. The number of carbonyl (C=O) groups is 1. The van der Waals surface area contributed by atoms with E-state index in [0.717, 1.165) is 17.7 Å². The van der Waals surface area contributed by atoms with Crippen molar-refractivity contribution in [3.8, 4) is 11.3 Å². The lowest BCUT2D eigenvalue weighted by molar-refractivity contribution is -0.0241. The van der Waals surface area contributed by atoms with Gasteiger partial charge in [0.2, 0.25) is 0 Å². The van der Waals surface area contributed by atoms with E-state index in [1.165, 1.54) is 14.2 Å². The lowest BCUT2D eigenvalue weighted by Gasteiger charge is -2.32. The number of nitrogens with zero attached hydrogens (tertiary/aromatic N) is 4. The second kappa shape index (κ2) is 9.14.